The van der Waals surface area contributed by atoms with Crippen LogP contribution in [0.5, 0.6) is 0 Å². The summed E-state index contributed by atoms with van der Waals surface area (Å²) in [5.41, 5.74) is 3.34. The van der Waals surface area contributed by atoms with E-state index in [2.05, 4.69) is 70.4 Å². The van der Waals surface area contributed by atoms with Crippen molar-refractivity contribution in [3.63, 3.8) is 0 Å². The lowest BCUT2D eigenvalue weighted by Gasteiger charge is -2.23. The van der Waals surface area contributed by atoms with E-state index in [1.807, 2.05) is 19.9 Å². The zero-order valence-corrected chi connectivity index (χ0v) is 17.2. The van der Waals surface area contributed by atoms with Gasteiger partial charge in [-0.1, -0.05) is 46.2 Å². The van der Waals surface area contributed by atoms with E-state index in [1.165, 1.54) is 5.56 Å². The number of aryl methyl sites for hydroxylation is 2. The van der Waals surface area contributed by atoms with Gasteiger partial charge in [-0.05, 0) is 32.4 Å². The predicted molar refractivity (Wildman–Crippen MR) is 106 cm³/mol. The summed E-state index contributed by atoms with van der Waals surface area (Å²) in [7, 11) is 2.06. The number of aliphatic imine (C=N–C) groups is 1. The largest absolute Gasteiger partial charge is 0.361 e. The molecule has 2 rings (SSSR count). The lowest BCUT2D eigenvalue weighted by atomic mass is 10.00. The quantitative estimate of drug-likeness (QED) is 0.575. The average Bonchev–Trinajstić information content (AvgIpc) is 2.92. The third kappa shape index (κ3) is 5.08. The molecule has 0 saturated heterocycles. The third-order valence-electron chi connectivity index (χ3n) is 4.16. The molecule has 0 aliphatic heterocycles. The molecule has 0 aliphatic carbocycles. The Hall–Kier alpha value is -1.82. The van der Waals surface area contributed by atoms with Crippen LogP contribution >= 0.6 is 15.9 Å². The highest BCUT2D eigenvalue weighted by molar-refractivity contribution is 9.10. The van der Waals surface area contributed by atoms with Crippen molar-refractivity contribution in [1.82, 2.24) is 15.4 Å². The second kappa shape index (κ2) is 9.04. The molecule has 1 unspecified atom stereocenters. The van der Waals surface area contributed by atoms with Gasteiger partial charge in [-0.2, -0.15) is 0 Å². The number of nitrogens with zero attached hydrogens (tertiary/aromatic N) is 3. The average molecular weight is 407 g/mol. The smallest absolute Gasteiger partial charge is 0.193 e. The lowest BCUT2D eigenvalue weighted by molar-refractivity contribution is 0.391. The van der Waals surface area contributed by atoms with Gasteiger partial charge in [0.2, 0.25) is 0 Å². The molecule has 0 radical (unpaired) electrons. The maximum Gasteiger partial charge on any atom is 0.193 e. The van der Waals surface area contributed by atoms with E-state index < -0.39 is 0 Å². The Morgan fingerprint density at radius 3 is 2.68 bits per heavy atom. The van der Waals surface area contributed by atoms with E-state index in [-0.39, 0.29) is 5.92 Å². The first-order chi connectivity index (χ1) is 11.9. The first-order valence-electron chi connectivity index (χ1n) is 8.59. The first kappa shape index (κ1) is 19.5. The van der Waals surface area contributed by atoms with Crippen LogP contribution in [0.4, 0.5) is 0 Å². The van der Waals surface area contributed by atoms with E-state index in [1.54, 1.807) is 0 Å². The second-order valence-electron chi connectivity index (χ2n) is 6.28. The van der Waals surface area contributed by atoms with E-state index >= 15 is 0 Å². The summed E-state index contributed by atoms with van der Waals surface area (Å²) in [6.45, 7) is 10.5. The molecule has 0 fully saturated rings. The van der Waals surface area contributed by atoms with Crippen LogP contribution in [0.1, 0.15) is 42.3 Å². The molecule has 136 valence electrons. The van der Waals surface area contributed by atoms with Crippen LogP contribution in [0.2, 0.25) is 0 Å². The molecule has 0 aliphatic rings. The number of benzene rings is 1. The standard InChI is InChI=1S/C19H27BrN4O/c1-6-21-19(24(5)12-16-9-7-8-10-17(16)20)22-11-13(2)18-14(3)23-25-15(18)4/h7-10,13H,6,11-12H2,1-5H3,(H,21,22). The number of nitrogens with one attached hydrogen (secondary N) is 1. The fourth-order valence-electron chi connectivity index (χ4n) is 2.94. The second-order valence-corrected chi connectivity index (χ2v) is 7.14. The van der Waals surface area contributed by atoms with Crippen LogP contribution in [-0.2, 0) is 6.54 Å². The van der Waals surface area contributed by atoms with Gasteiger partial charge in [0.05, 0.1) is 5.69 Å². The molecule has 0 saturated carbocycles. The lowest BCUT2D eigenvalue weighted by Crippen LogP contribution is -2.38. The number of hydrogen-bond acceptors (Lipinski definition) is 3. The Morgan fingerprint density at radius 1 is 1.36 bits per heavy atom. The molecule has 0 amide bonds. The van der Waals surface area contributed by atoms with Crippen LogP contribution in [0.25, 0.3) is 0 Å². The maximum absolute atomic E-state index is 5.28. The molecule has 1 aromatic carbocycles. The van der Waals surface area contributed by atoms with Crippen molar-refractivity contribution < 1.29 is 4.52 Å². The molecule has 25 heavy (non-hydrogen) atoms. The molecular weight excluding hydrogens is 380 g/mol. The van der Waals surface area contributed by atoms with E-state index in [0.717, 1.165) is 40.5 Å². The Labute approximate surface area is 158 Å². The van der Waals surface area contributed by atoms with Crippen LogP contribution in [-0.4, -0.2) is 36.2 Å². The molecule has 0 spiro atoms. The highest BCUT2D eigenvalue weighted by Crippen LogP contribution is 2.23. The Kier molecular flexibility index (Phi) is 7.05. The minimum atomic E-state index is 0.261. The maximum atomic E-state index is 5.28. The Balaban J connectivity index is 2.11. The van der Waals surface area contributed by atoms with Crippen LogP contribution in [0.15, 0.2) is 38.3 Å². The molecule has 1 heterocycles. The molecular formula is C19H27BrN4O. The first-order valence-corrected chi connectivity index (χ1v) is 9.39. The highest BCUT2D eigenvalue weighted by Gasteiger charge is 2.17. The van der Waals surface area contributed by atoms with Crippen molar-refractivity contribution in [2.75, 3.05) is 20.1 Å². The highest BCUT2D eigenvalue weighted by atomic mass is 79.9. The third-order valence-corrected chi connectivity index (χ3v) is 4.93. The normalized spacial score (nSPS) is 13.0. The minimum Gasteiger partial charge on any atom is -0.361 e. The van der Waals surface area contributed by atoms with Crippen molar-refractivity contribution in [3.05, 3.63) is 51.3 Å². The van der Waals surface area contributed by atoms with Crippen LogP contribution < -0.4 is 5.32 Å². The number of guanidine groups is 1. The van der Waals surface area contributed by atoms with Crippen molar-refractivity contribution >= 4 is 21.9 Å². The summed E-state index contributed by atoms with van der Waals surface area (Å²) in [6, 6.07) is 8.26. The van der Waals surface area contributed by atoms with Gasteiger partial charge in [0.1, 0.15) is 5.76 Å². The Morgan fingerprint density at radius 2 is 2.08 bits per heavy atom. The molecule has 1 N–H and O–H groups in total. The minimum absolute atomic E-state index is 0.261. The van der Waals surface area contributed by atoms with Gasteiger partial charge in [0.15, 0.2) is 5.96 Å². The molecule has 1 aromatic heterocycles. The van der Waals surface area contributed by atoms with Gasteiger partial charge in [-0.25, -0.2) is 0 Å². The zero-order chi connectivity index (χ0) is 18.4. The summed E-state index contributed by atoms with van der Waals surface area (Å²) < 4.78 is 6.39. The number of halogens is 1. The van der Waals surface area contributed by atoms with Gasteiger partial charge in [0, 0.05) is 42.6 Å². The van der Waals surface area contributed by atoms with Gasteiger partial charge in [0.25, 0.3) is 0 Å². The van der Waals surface area contributed by atoms with Crippen molar-refractivity contribution in [3.8, 4) is 0 Å². The fraction of sp³-hybridized carbons (Fsp3) is 0.474. The summed E-state index contributed by atoms with van der Waals surface area (Å²) in [6.07, 6.45) is 0. The van der Waals surface area contributed by atoms with Crippen LogP contribution in [0.3, 0.4) is 0 Å². The number of aromatic nitrogens is 1. The number of hydrogen-bond donors (Lipinski definition) is 1. The monoisotopic (exact) mass is 406 g/mol. The summed E-state index contributed by atoms with van der Waals surface area (Å²) in [5.74, 6) is 2.04. The predicted octanol–water partition coefficient (Wildman–Crippen LogP) is 4.25. The molecule has 5 nitrogen and oxygen atoms in total. The molecule has 6 heteroatoms. The van der Waals surface area contributed by atoms with Crippen molar-refractivity contribution in [2.45, 2.75) is 40.2 Å². The van der Waals surface area contributed by atoms with Gasteiger partial charge in [-0.3, -0.25) is 4.99 Å². The molecule has 1 atom stereocenters. The van der Waals surface area contributed by atoms with Crippen molar-refractivity contribution in [2.24, 2.45) is 4.99 Å². The van der Waals surface area contributed by atoms with Crippen LogP contribution in [0, 0.1) is 13.8 Å². The molecule has 2 aromatic rings. The van der Waals surface area contributed by atoms with Crippen molar-refractivity contribution in [1.29, 1.82) is 0 Å². The summed E-state index contributed by atoms with van der Waals surface area (Å²) in [4.78, 5) is 6.97. The van der Waals surface area contributed by atoms with E-state index in [9.17, 15) is 0 Å². The SMILES string of the molecule is CCNC(=NCC(C)c1c(C)noc1C)N(C)Cc1ccccc1Br. The Bertz CT molecular complexity index is 706. The summed E-state index contributed by atoms with van der Waals surface area (Å²) in [5, 5.41) is 7.42. The zero-order valence-electron chi connectivity index (χ0n) is 15.6. The van der Waals surface area contributed by atoms with Gasteiger partial charge >= 0.3 is 0 Å². The van der Waals surface area contributed by atoms with Gasteiger partial charge < -0.3 is 14.7 Å². The van der Waals surface area contributed by atoms with Gasteiger partial charge in [-0.15, -0.1) is 0 Å². The summed E-state index contributed by atoms with van der Waals surface area (Å²) >= 11 is 3.61. The number of rotatable bonds is 6. The topological polar surface area (TPSA) is 53.7 Å². The fourth-order valence-corrected chi connectivity index (χ4v) is 3.35. The van der Waals surface area contributed by atoms with E-state index in [0.29, 0.717) is 6.54 Å². The van der Waals surface area contributed by atoms with E-state index in [4.69, 9.17) is 9.52 Å². The molecule has 0 bridgehead atoms.